The number of hydrogen-bond acceptors (Lipinski definition) is 3. The van der Waals surface area contributed by atoms with Gasteiger partial charge in [0, 0.05) is 18.0 Å². The number of carbonyl (C=O) groups is 1. The Kier molecular flexibility index (Phi) is 3.44. The molecule has 0 N–H and O–H groups in total. The Bertz CT molecular complexity index is 834. The molecule has 21 heavy (non-hydrogen) atoms. The van der Waals surface area contributed by atoms with Gasteiger partial charge in [0.1, 0.15) is 5.92 Å². The van der Waals surface area contributed by atoms with Crippen molar-refractivity contribution in [2.75, 3.05) is 0 Å². The SMILES string of the molecule is N#CC(C(=O)c1ccc2ccccc2c1)c1cccnc1. The van der Waals surface area contributed by atoms with Crippen molar-refractivity contribution in [1.29, 1.82) is 5.26 Å². The normalized spacial score (nSPS) is 11.8. The van der Waals surface area contributed by atoms with Crippen molar-refractivity contribution in [3.8, 4) is 6.07 Å². The van der Waals surface area contributed by atoms with Crippen molar-refractivity contribution in [2.24, 2.45) is 0 Å². The van der Waals surface area contributed by atoms with Gasteiger partial charge in [0.2, 0.25) is 0 Å². The van der Waals surface area contributed by atoms with Crippen molar-refractivity contribution in [2.45, 2.75) is 5.92 Å². The highest BCUT2D eigenvalue weighted by Crippen LogP contribution is 2.22. The highest BCUT2D eigenvalue weighted by molar-refractivity contribution is 6.05. The van der Waals surface area contributed by atoms with Gasteiger partial charge in [0.15, 0.2) is 5.78 Å². The molecule has 0 radical (unpaired) electrons. The van der Waals surface area contributed by atoms with Crippen LogP contribution in [0.25, 0.3) is 10.8 Å². The van der Waals surface area contributed by atoms with Gasteiger partial charge in [-0.15, -0.1) is 0 Å². The van der Waals surface area contributed by atoms with E-state index in [-0.39, 0.29) is 5.78 Å². The Balaban J connectivity index is 2.01. The maximum atomic E-state index is 12.6. The maximum absolute atomic E-state index is 12.6. The van der Waals surface area contributed by atoms with E-state index in [0.717, 1.165) is 10.8 Å². The quantitative estimate of drug-likeness (QED) is 0.683. The van der Waals surface area contributed by atoms with Crippen LogP contribution in [-0.2, 0) is 0 Å². The smallest absolute Gasteiger partial charge is 0.184 e. The largest absolute Gasteiger partial charge is 0.292 e. The minimum atomic E-state index is -0.820. The zero-order valence-corrected chi connectivity index (χ0v) is 11.2. The van der Waals surface area contributed by atoms with Crippen LogP contribution in [0.3, 0.4) is 0 Å². The number of pyridine rings is 1. The minimum absolute atomic E-state index is 0.198. The second-order valence-electron chi connectivity index (χ2n) is 4.77. The molecule has 1 atom stereocenters. The van der Waals surface area contributed by atoms with Crippen LogP contribution in [0.5, 0.6) is 0 Å². The summed E-state index contributed by atoms with van der Waals surface area (Å²) in [6.45, 7) is 0. The number of aromatic nitrogens is 1. The van der Waals surface area contributed by atoms with E-state index < -0.39 is 5.92 Å². The zero-order valence-electron chi connectivity index (χ0n) is 11.2. The number of rotatable bonds is 3. The number of benzene rings is 2. The number of fused-ring (bicyclic) bond motifs is 1. The summed E-state index contributed by atoms with van der Waals surface area (Å²) in [6, 6.07) is 18.9. The molecule has 3 rings (SSSR count). The van der Waals surface area contributed by atoms with Crippen LogP contribution in [0.2, 0.25) is 0 Å². The summed E-state index contributed by atoms with van der Waals surface area (Å²) in [7, 11) is 0. The highest BCUT2D eigenvalue weighted by atomic mass is 16.1. The van der Waals surface area contributed by atoms with Gasteiger partial charge in [-0.05, 0) is 28.5 Å². The number of Topliss-reactive ketones (excluding diaryl/α,β-unsaturated/α-hetero) is 1. The maximum Gasteiger partial charge on any atom is 0.184 e. The second kappa shape index (κ2) is 5.56. The molecule has 3 heteroatoms. The van der Waals surface area contributed by atoms with Crippen molar-refractivity contribution < 1.29 is 4.79 Å². The molecule has 100 valence electrons. The van der Waals surface area contributed by atoms with Gasteiger partial charge in [0.25, 0.3) is 0 Å². The Morgan fingerprint density at radius 2 is 1.86 bits per heavy atom. The molecule has 0 amide bonds. The van der Waals surface area contributed by atoms with Crippen LogP contribution < -0.4 is 0 Å². The van der Waals surface area contributed by atoms with E-state index in [9.17, 15) is 10.1 Å². The summed E-state index contributed by atoms with van der Waals surface area (Å²) >= 11 is 0. The first-order chi connectivity index (χ1) is 10.3. The molecule has 1 unspecified atom stereocenters. The van der Waals surface area contributed by atoms with Crippen LogP contribution in [0.1, 0.15) is 21.8 Å². The molecule has 0 spiro atoms. The van der Waals surface area contributed by atoms with Gasteiger partial charge in [-0.3, -0.25) is 9.78 Å². The first-order valence-electron chi connectivity index (χ1n) is 6.62. The Hall–Kier alpha value is -2.99. The molecule has 0 bridgehead atoms. The Morgan fingerprint density at radius 3 is 2.57 bits per heavy atom. The number of hydrogen-bond donors (Lipinski definition) is 0. The van der Waals surface area contributed by atoms with E-state index in [4.69, 9.17) is 0 Å². The number of ketones is 1. The molecule has 3 nitrogen and oxygen atoms in total. The lowest BCUT2D eigenvalue weighted by atomic mass is 9.92. The molecule has 0 saturated heterocycles. The van der Waals surface area contributed by atoms with Crippen LogP contribution in [-0.4, -0.2) is 10.8 Å². The third-order valence-corrected chi connectivity index (χ3v) is 3.44. The average molecular weight is 272 g/mol. The average Bonchev–Trinajstić information content (AvgIpc) is 2.56. The number of nitrogens with zero attached hydrogens (tertiary/aromatic N) is 2. The molecule has 0 fully saturated rings. The van der Waals surface area contributed by atoms with E-state index >= 15 is 0 Å². The first kappa shape index (κ1) is 13.0. The van der Waals surface area contributed by atoms with E-state index in [1.54, 1.807) is 30.6 Å². The van der Waals surface area contributed by atoms with Gasteiger partial charge in [-0.25, -0.2) is 0 Å². The third-order valence-electron chi connectivity index (χ3n) is 3.44. The standard InChI is InChI=1S/C18H12N2O/c19-11-17(16-6-3-9-20-12-16)18(21)15-8-7-13-4-1-2-5-14(13)10-15/h1-10,12,17H. The topological polar surface area (TPSA) is 53.8 Å². The molecule has 1 aromatic heterocycles. The van der Waals surface area contributed by atoms with Gasteiger partial charge >= 0.3 is 0 Å². The molecule has 0 aliphatic heterocycles. The fourth-order valence-corrected chi connectivity index (χ4v) is 2.34. The lowest BCUT2D eigenvalue weighted by Crippen LogP contribution is -2.11. The summed E-state index contributed by atoms with van der Waals surface area (Å²) in [5.41, 5.74) is 1.17. The van der Waals surface area contributed by atoms with Crippen molar-refractivity contribution in [3.05, 3.63) is 78.1 Å². The zero-order chi connectivity index (χ0) is 14.7. The molecule has 2 aromatic carbocycles. The molecule has 0 aliphatic carbocycles. The molecular formula is C18H12N2O. The first-order valence-corrected chi connectivity index (χ1v) is 6.62. The summed E-state index contributed by atoms with van der Waals surface area (Å²) < 4.78 is 0. The lowest BCUT2D eigenvalue weighted by Gasteiger charge is -2.09. The number of nitriles is 1. The Morgan fingerprint density at radius 1 is 1.05 bits per heavy atom. The third kappa shape index (κ3) is 2.52. The summed E-state index contributed by atoms with van der Waals surface area (Å²) in [6.07, 6.45) is 3.19. The molecule has 3 aromatic rings. The summed E-state index contributed by atoms with van der Waals surface area (Å²) in [5, 5.41) is 11.4. The van der Waals surface area contributed by atoms with Crippen LogP contribution in [0.15, 0.2) is 67.0 Å². The summed E-state index contributed by atoms with van der Waals surface area (Å²) in [4.78, 5) is 16.5. The highest BCUT2D eigenvalue weighted by Gasteiger charge is 2.21. The van der Waals surface area contributed by atoms with Gasteiger partial charge in [-0.1, -0.05) is 42.5 Å². The number of carbonyl (C=O) groups excluding carboxylic acids is 1. The van der Waals surface area contributed by atoms with Crippen LogP contribution >= 0.6 is 0 Å². The Labute approximate surface area is 122 Å². The fourth-order valence-electron chi connectivity index (χ4n) is 2.34. The van der Waals surface area contributed by atoms with Crippen LogP contribution in [0.4, 0.5) is 0 Å². The van der Waals surface area contributed by atoms with Crippen LogP contribution in [0, 0.1) is 11.3 Å². The predicted molar refractivity (Wildman–Crippen MR) is 80.9 cm³/mol. The monoisotopic (exact) mass is 272 g/mol. The van der Waals surface area contributed by atoms with Crippen molar-refractivity contribution in [3.63, 3.8) is 0 Å². The second-order valence-corrected chi connectivity index (χ2v) is 4.77. The van der Waals surface area contributed by atoms with E-state index in [1.165, 1.54) is 0 Å². The minimum Gasteiger partial charge on any atom is -0.292 e. The van der Waals surface area contributed by atoms with E-state index in [2.05, 4.69) is 11.1 Å². The molecular weight excluding hydrogens is 260 g/mol. The molecule has 0 aliphatic rings. The van der Waals surface area contributed by atoms with Crippen molar-refractivity contribution in [1.82, 2.24) is 4.98 Å². The lowest BCUT2D eigenvalue weighted by molar-refractivity contribution is 0.0979. The molecule has 0 saturated carbocycles. The van der Waals surface area contributed by atoms with Gasteiger partial charge < -0.3 is 0 Å². The fraction of sp³-hybridized carbons (Fsp3) is 0.0556. The van der Waals surface area contributed by atoms with Gasteiger partial charge in [-0.2, -0.15) is 5.26 Å². The van der Waals surface area contributed by atoms with E-state index in [0.29, 0.717) is 11.1 Å². The van der Waals surface area contributed by atoms with E-state index in [1.807, 2.05) is 36.4 Å². The molecule has 1 heterocycles. The summed E-state index contributed by atoms with van der Waals surface area (Å²) in [5.74, 6) is -1.02. The van der Waals surface area contributed by atoms with Crippen molar-refractivity contribution >= 4 is 16.6 Å². The van der Waals surface area contributed by atoms with Gasteiger partial charge in [0.05, 0.1) is 6.07 Å². The predicted octanol–water partition coefficient (Wildman–Crippen LogP) is 3.72.